The van der Waals surface area contributed by atoms with Gasteiger partial charge in [-0.05, 0) is 19.3 Å². The zero-order valence-corrected chi connectivity index (χ0v) is 11.9. The number of piperidine rings is 1. The van der Waals surface area contributed by atoms with Crippen molar-refractivity contribution in [1.29, 1.82) is 0 Å². The Morgan fingerprint density at radius 2 is 2.25 bits per heavy atom. The Balaban J connectivity index is 2.21. The fourth-order valence-corrected chi connectivity index (χ4v) is 2.67. The molecule has 1 aromatic rings. The Morgan fingerprint density at radius 1 is 1.50 bits per heavy atom. The van der Waals surface area contributed by atoms with Gasteiger partial charge < -0.3 is 10.0 Å². The summed E-state index contributed by atoms with van der Waals surface area (Å²) in [5, 5.41) is 9.56. The fourth-order valence-electron chi connectivity index (χ4n) is 2.53. The number of carbonyl (C=O) groups is 2. The van der Waals surface area contributed by atoms with E-state index < -0.39 is 11.4 Å². The Kier molecular flexibility index (Phi) is 4.23. The molecule has 7 heteroatoms. The van der Waals surface area contributed by atoms with Crippen molar-refractivity contribution in [2.45, 2.75) is 26.2 Å². The van der Waals surface area contributed by atoms with Gasteiger partial charge in [0, 0.05) is 13.1 Å². The predicted octanol–water partition coefficient (Wildman–Crippen LogP) is 1.85. The van der Waals surface area contributed by atoms with Gasteiger partial charge in [0.15, 0.2) is 0 Å². The molecule has 0 aliphatic carbocycles. The molecule has 1 aromatic heterocycles. The summed E-state index contributed by atoms with van der Waals surface area (Å²) in [6.45, 7) is 2.56. The minimum Gasteiger partial charge on any atom is -0.481 e. The van der Waals surface area contributed by atoms with Gasteiger partial charge in [0.2, 0.25) is 0 Å². The van der Waals surface area contributed by atoms with Crippen LogP contribution in [-0.4, -0.2) is 44.9 Å². The van der Waals surface area contributed by atoms with Crippen molar-refractivity contribution in [2.75, 3.05) is 13.1 Å². The van der Waals surface area contributed by atoms with Crippen LogP contribution in [0.25, 0.3) is 0 Å². The SMILES string of the molecule is CCC1(C(=O)O)CCCN(C(=O)c2cncc(Cl)n2)C1. The molecule has 2 heterocycles. The molecule has 20 heavy (non-hydrogen) atoms. The first-order valence-electron chi connectivity index (χ1n) is 6.49. The summed E-state index contributed by atoms with van der Waals surface area (Å²) >= 11 is 5.72. The number of halogens is 1. The number of aliphatic carboxylic acids is 1. The van der Waals surface area contributed by atoms with Crippen LogP contribution in [0.2, 0.25) is 5.15 Å². The average Bonchev–Trinajstić information content (AvgIpc) is 2.46. The normalized spacial score (nSPS) is 22.6. The van der Waals surface area contributed by atoms with E-state index in [-0.39, 0.29) is 23.3 Å². The molecule has 1 unspecified atom stereocenters. The smallest absolute Gasteiger partial charge is 0.311 e. The van der Waals surface area contributed by atoms with E-state index in [1.54, 1.807) is 0 Å². The second-order valence-electron chi connectivity index (χ2n) is 5.00. The zero-order valence-electron chi connectivity index (χ0n) is 11.2. The van der Waals surface area contributed by atoms with Crippen LogP contribution in [0.1, 0.15) is 36.7 Å². The van der Waals surface area contributed by atoms with Crippen molar-refractivity contribution in [2.24, 2.45) is 5.41 Å². The van der Waals surface area contributed by atoms with Crippen molar-refractivity contribution >= 4 is 23.5 Å². The highest BCUT2D eigenvalue weighted by atomic mass is 35.5. The fraction of sp³-hybridized carbons (Fsp3) is 0.538. The molecule has 108 valence electrons. The van der Waals surface area contributed by atoms with Crippen LogP contribution in [0.4, 0.5) is 0 Å². The lowest BCUT2D eigenvalue weighted by Crippen LogP contribution is -2.49. The predicted molar refractivity (Wildman–Crippen MR) is 72.5 cm³/mol. The monoisotopic (exact) mass is 297 g/mol. The van der Waals surface area contributed by atoms with E-state index in [9.17, 15) is 14.7 Å². The first-order chi connectivity index (χ1) is 9.48. The third-order valence-corrected chi connectivity index (χ3v) is 4.00. The summed E-state index contributed by atoms with van der Waals surface area (Å²) in [6.07, 6.45) is 4.44. The Morgan fingerprint density at radius 3 is 2.85 bits per heavy atom. The van der Waals surface area contributed by atoms with E-state index in [1.807, 2.05) is 6.92 Å². The highest BCUT2D eigenvalue weighted by Gasteiger charge is 2.42. The highest BCUT2D eigenvalue weighted by Crippen LogP contribution is 2.34. The number of aromatic nitrogens is 2. The van der Waals surface area contributed by atoms with E-state index in [1.165, 1.54) is 17.3 Å². The molecule has 0 saturated carbocycles. The Labute approximate surface area is 121 Å². The molecule has 0 radical (unpaired) electrons. The lowest BCUT2D eigenvalue weighted by atomic mass is 9.77. The maximum absolute atomic E-state index is 12.4. The van der Waals surface area contributed by atoms with Gasteiger partial charge in [0.1, 0.15) is 10.8 Å². The van der Waals surface area contributed by atoms with Crippen molar-refractivity contribution < 1.29 is 14.7 Å². The zero-order chi connectivity index (χ0) is 14.8. The first kappa shape index (κ1) is 14.7. The third-order valence-electron chi connectivity index (χ3n) is 3.82. The van der Waals surface area contributed by atoms with Crippen LogP contribution in [-0.2, 0) is 4.79 Å². The summed E-state index contributed by atoms with van der Waals surface area (Å²) in [6, 6.07) is 0. The maximum atomic E-state index is 12.4. The Bertz CT molecular complexity index is 537. The van der Waals surface area contributed by atoms with Gasteiger partial charge in [-0.1, -0.05) is 18.5 Å². The van der Waals surface area contributed by atoms with E-state index in [2.05, 4.69) is 9.97 Å². The molecule has 0 bridgehead atoms. The lowest BCUT2D eigenvalue weighted by molar-refractivity contribution is -0.152. The van der Waals surface area contributed by atoms with Gasteiger partial charge in [-0.2, -0.15) is 0 Å². The summed E-state index contributed by atoms with van der Waals surface area (Å²) in [5.41, 5.74) is -0.713. The van der Waals surface area contributed by atoms with Crippen LogP contribution in [0.15, 0.2) is 12.4 Å². The molecule has 1 N–H and O–H groups in total. The first-order valence-corrected chi connectivity index (χ1v) is 6.86. The van der Waals surface area contributed by atoms with Crippen LogP contribution < -0.4 is 0 Å². The summed E-state index contributed by atoms with van der Waals surface area (Å²) in [7, 11) is 0. The minimum absolute atomic E-state index is 0.146. The van der Waals surface area contributed by atoms with E-state index >= 15 is 0 Å². The van der Waals surface area contributed by atoms with E-state index in [0.717, 1.165) is 0 Å². The molecule has 1 atom stereocenters. The number of nitrogens with zero attached hydrogens (tertiary/aromatic N) is 3. The molecule has 6 nitrogen and oxygen atoms in total. The topological polar surface area (TPSA) is 83.4 Å². The van der Waals surface area contributed by atoms with Crippen LogP contribution in [0.3, 0.4) is 0 Å². The average molecular weight is 298 g/mol. The number of amides is 1. The van der Waals surface area contributed by atoms with Gasteiger partial charge >= 0.3 is 5.97 Å². The molecule has 0 spiro atoms. The number of rotatable bonds is 3. The molecule has 1 amide bonds. The van der Waals surface area contributed by atoms with Gasteiger partial charge in [-0.25, -0.2) is 4.98 Å². The van der Waals surface area contributed by atoms with Gasteiger partial charge in [0.25, 0.3) is 5.91 Å². The quantitative estimate of drug-likeness (QED) is 0.920. The van der Waals surface area contributed by atoms with Crippen molar-refractivity contribution in [3.8, 4) is 0 Å². The number of carboxylic acid groups (broad SMARTS) is 1. The largest absolute Gasteiger partial charge is 0.481 e. The van der Waals surface area contributed by atoms with E-state index in [0.29, 0.717) is 25.8 Å². The standard InChI is InChI=1S/C13H16ClN3O3/c1-2-13(12(19)20)4-3-5-17(8-13)11(18)9-6-15-7-10(14)16-9/h6-7H,2-5,8H2,1H3,(H,19,20). The summed E-state index contributed by atoms with van der Waals surface area (Å²) < 4.78 is 0. The second kappa shape index (κ2) is 5.75. The maximum Gasteiger partial charge on any atom is 0.311 e. The van der Waals surface area contributed by atoms with Crippen molar-refractivity contribution in [3.05, 3.63) is 23.2 Å². The number of likely N-dealkylation sites (tertiary alicyclic amines) is 1. The number of hydrogen-bond acceptors (Lipinski definition) is 4. The minimum atomic E-state index is -0.861. The molecular weight excluding hydrogens is 282 g/mol. The Hall–Kier alpha value is -1.69. The van der Waals surface area contributed by atoms with Crippen molar-refractivity contribution in [1.82, 2.24) is 14.9 Å². The molecule has 1 aliphatic rings. The van der Waals surface area contributed by atoms with E-state index in [4.69, 9.17) is 11.6 Å². The second-order valence-corrected chi connectivity index (χ2v) is 5.38. The molecule has 1 aliphatic heterocycles. The summed E-state index contributed by atoms with van der Waals surface area (Å²) in [4.78, 5) is 33.1. The number of carbonyl (C=O) groups excluding carboxylic acids is 1. The lowest BCUT2D eigenvalue weighted by Gasteiger charge is -2.39. The molecule has 1 fully saturated rings. The molecule has 1 saturated heterocycles. The van der Waals surface area contributed by atoms with Gasteiger partial charge in [-0.15, -0.1) is 0 Å². The highest BCUT2D eigenvalue weighted by molar-refractivity contribution is 6.29. The molecular formula is C13H16ClN3O3. The number of carboxylic acids is 1. The summed E-state index contributed by atoms with van der Waals surface area (Å²) in [5.74, 6) is -1.17. The molecule has 2 rings (SSSR count). The van der Waals surface area contributed by atoms with Gasteiger partial charge in [-0.3, -0.25) is 14.6 Å². The third kappa shape index (κ3) is 2.75. The molecule has 0 aromatic carbocycles. The van der Waals surface area contributed by atoms with Crippen molar-refractivity contribution in [3.63, 3.8) is 0 Å². The van der Waals surface area contributed by atoms with Crippen LogP contribution in [0.5, 0.6) is 0 Å². The van der Waals surface area contributed by atoms with Crippen LogP contribution >= 0.6 is 11.6 Å². The van der Waals surface area contributed by atoms with Crippen LogP contribution in [0, 0.1) is 5.41 Å². The number of hydrogen-bond donors (Lipinski definition) is 1. The van der Waals surface area contributed by atoms with Gasteiger partial charge in [0.05, 0.1) is 17.8 Å².